The van der Waals surface area contributed by atoms with Crippen molar-refractivity contribution < 1.29 is 38.9 Å². The van der Waals surface area contributed by atoms with Gasteiger partial charge in [0.15, 0.2) is 11.6 Å². The van der Waals surface area contributed by atoms with Gasteiger partial charge in [0.2, 0.25) is 0 Å². The summed E-state index contributed by atoms with van der Waals surface area (Å²) in [5.41, 5.74) is 1.73. The van der Waals surface area contributed by atoms with E-state index in [0.717, 1.165) is 22.3 Å². The molecule has 2 heterocycles. The van der Waals surface area contributed by atoms with Crippen LogP contribution in [0.2, 0.25) is 0 Å². The van der Waals surface area contributed by atoms with Crippen molar-refractivity contribution in [1.82, 2.24) is 0 Å². The number of hydrogen-bond donors (Lipinski definition) is 2. The maximum Gasteiger partial charge on any atom is 0.313 e. The second kappa shape index (κ2) is 15.5. The van der Waals surface area contributed by atoms with E-state index in [2.05, 4.69) is 6.08 Å². The molecule has 4 aliphatic rings. The van der Waals surface area contributed by atoms with Crippen LogP contribution in [-0.2, 0) is 28.7 Å². The predicted octanol–water partition coefficient (Wildman–Crippen LogP) is 6.89. The molecular formula is C41H58O8. The Labute approximate surface area is 292 Å². The molecule has 0 saturated heterocycles. The molecule has 0 unspecified atom stereocenters. The topological polar surface area (TPSA) is 127 Å². The molecule has 270 valence electrons. The third-order valence-corrected chi connectivity index (χ3v) is 11.9. The van der Waals surface area contributed by atoms with Crippen molar-refractivity contribution in [1.29, 1.82) is 0 Å². The third-order valence-electron chi connectivity index (χ3n) is 11.9. The first-order chi connectivity index (χ1) is 22.9. The van der Waals surface area contributed by atoms with Crippen molar-refractivity contribution in [2.24, 2.45) is 29.1 Å². The van der Waals surface area contributed by atoms with Crippen LogP contribution in [0.3, 0.4) is 0 Å². The number of carbonyl (C=O) groups is 4. The van der Waals surface area contributed by atoms with Gasteiger partial charge in [-0.3, -0.25) is 19.2 Å². The number of fused-ring (bicyclic) bond motifs is 5. The van der Waals surface area contributed by atoms with Crippen LogP contribution in [0.4, 0.5) is 0 Å². The van der Waals surface area contributed by atoms with Crippen molar-refractivity contribution in [3.05, 3.63) is 57.7 Å². The van der Waals surface area contributed by atoms with E-state index < -0.39 is 46.9 Å². The second-order valence-electron chi connectivity index (χ2n) is 15.8. The van der Waals surface area contributed by atoms with Gasteiger partial charge in [-0.05, 0) is 110 Å². The van der Waals surface area contributed by atoms with Crippen molar-refractivity contribution >= 4 is 23.3 Å². The van der Waals surface area contributed by atoms with Gasteiger partial charge in [-0.25, -0.2) is 0 Å². The Balaban J connectivity index is 2.00. The Bertz CT molecular complexity index is 1490. The molecule has 2 aliphatic carbocycles. The minimum atomic E-state index is -1.64. The second-order valence-corrected chi connectivity index (χ2v) is 15.8. The normalized spacial score (nSPS) is 39.0. The van der Waals surface area contributed by atoms with Crippen LogP contribution in [0.25, 0.3) is 0 Å². The molecule has 0 aromatic rings. The van der Waals surface area contributed by atoms with Crippen LogP contribution < -0.4 is 0 Å². The van der Waals surface area contributed by atoms with Gasteiger partial charge in [-0.1, -0.05) is 54.4 Å². The summed E-state index contributed by atoms with van der Waals surface area (Å²) >= 11 is 0. The molecule has 0 saturated carbocycles. The van der Waals surface area contributed by atoms with Crippen LogP contribution in [-0.4, -0.2) is 64.6 Å². The Hall–Kier alpha value is -2.94. The third kappa shape index (κ3) is 8.02. The minimum Gasteiger partial charge on any atom is -0.469 e. The van der Waals surface area contributed by atoms with E-state index in [4.69, 9.17) is 9.47 Å². The van der Waals surface area contributed by atoms with E-state index >= 15 is 0 Å². The van der Waals surface area contributed by atoms with Crippen molar-refractivity contribution in [3.63, 3.8) is 0 Å². The fourth-order valence-corrected chi connectivity index (χ4v) is 8.44. The first kappa shape index (κ1) is 38.9. The Kier molecular flexibility index (Phi) is 12.3. The number of carbonyl (C=O) groups excluding carboxylic acids is 4. The first-order valence-electron chi connectivity index (χ1n) is 18.0. The minimum absolute atomic E-state index is 0.0132. The van der Waals surface area contributed by atoms with Gasteiger partial charge >= 0.3 is 5.97 Å². The number of allylic oxidation sites excluding steroid dienone is 7. The Morgan fingerprint density at radius 3 is 2.35 bits per heavy atom. The number of esters is 1. The highest BCUT2D eigenvalue weighted by Crippen LogP contribution is 2.55. The van der Waals surface area contributed by atoms with E-state index in [1.165, 1.54) is 7.11 Å². The van der Waals surface area contributed by atoms with Crippen LogP contribution >= 0.6 is 0 Å². The summed E-state index contributed by atoms with van der Waals surface area (Å²) in [5.74, 6) is -3.81. The van der Waals surface area contributed by atoms with Crippen molar-refractivity contribution in [2.75, 3.05) is 7.11 Å². The lowest BCUT2D eigenvalue weighted by molar-refractivity contribution is -0.173. The molecule has 4 rings (SSSR count). The van der Waals surface area contributed by atoms with Gasteiger partial charge < -0.3 is 19.7 Å². The zero-order chi connectivity index (χ0) is 36.4. The van der Waals surface area contributed by atoms with Gasteiger partial charge in [-0.15, -0.1) is 0 Å². The number of hydrogen-bond acceptors (Lipinski definition) is 8. The summed E-state index contributed by atoms with van der Waals surface area (Å²) in [6.07, 6.45) is 8.15. The highest BCUT2D eigenvalue weighted by atomic mass is 16.5. The smallest absolute Gasteiger partial charge is 0.313 e. The molecule has 2 N–H and O–H groups in total. The van der Waals surface area contributed by atoms with Crippen LogP contribution in [0.1, 0.15) is 113 Å². The van der Waals surface area contributed by atoms with Crippen LogP contribution in [0.15, 0.2) is 57.7 Å². The van der Waals surface area contributed by atoms with E-state index in [1.54, 1.807) is 19.9 Å². The molecule has 8 atom stereocenters. The summed E-state index contributed by atoms with van der Waals surface area (Å²) in [5, 5.41) is 23.6. The number of aliphatic hydroxyl groups excluding tert-OH is 1. The molecule has 2 bridgehead atoms. The highest BCUT2D eigenvalue weighted by molar-refractivity contribution is 6.02. The molecule has 49 heavy (non-hydrogen) atoms. The SMILES string of the molecule is COC(=O)[C@@]12CC(=O)[C@@H](C(C)C)CC(=O)/C(C)=C\CC/C(C)=C\C(=O)[C@@H]1CC(C)=C1C[C@@H](O)[C@@](C)(O)[C@@H]3CC=C(C)[C@@H](CC/C(C)=C\[C@H]12)O3. The molecular weight excluding hydrogens is 620 g/mol. The number of Topliss-reactive ketones (excluding diaryl/α,β-unsaturated/α-hetero) is 2. The van der Waals surface area contributed by atoms with E-state index in [1.807, 2.05) is 53.7 Å². The standard InChI is InChI=1S/C41H58O8/c1-23(2)29-20-33(42)26(5)12-10-11-24(3)18-34(43)32-19-28(7)30-21-37(45)40(8,47)38-16-14-27(6)36(49-38)15-13-25(4)17-31(30)41(32,22-35(29)44)39(46)48-9/h12,14,17-18,23,29,31-32,36-38,45,47H,10-11,13,15-16,19-22H2,1-9H3/b24-18-,25-17-,26-12-/t29-,31-,32+,36-,37-,38+,40-,41-/m1/s1. The molecule has 0 radical (unpaired) electrons. The quantitative estimate of drug-likeness (QED) is 0.239. The molecule has 0 fully saturated rings. The summed E-state index contributed by atoms with van der Waals surface area (Å²) in [7, 11) is 1.29. The maximum absolute atomic E-state index is 14.6. The van der Waals surface area contributed by atoms with E-state index in [0.29, 0.717) is 43.3 Å². The molecule has 0 spiro atoms. The van der Waals surface area contributed by atoms with E-state index in [9.17, 15) is 29.4 Å². The number of ketones is 3. The summed E-state index contributed by atoms with van der Waals surface area (Å²) in [6, 6.07) is 0. The zero-order valence-electron chi connectivity index (χ0n) is 31.1. The summed E-state index contributed by atoms with van der Waals surface area (Å²) in [6.45, 7) is 15.0. The predicted molar refractivity (Wildman–Crippen MR) is 189 cm³/mol. The lowest BCUT2D eigenvalue weighted by atomic mass is 9.53. The largest absolute Gasteiger partial charge is 0.469 e. The number of rotatable bonds is 2. The summed E-state index contributed by atoms with van der Waals surface area (Å²) in [4.78, 5) is 57.1. The summed E-state index contributed by atoms with van der Waals surface area (Å²) < 4.78 is 12.0. The lowest BCUT2D eigenvalue weighted by Gasteiger charge is -2.49. The first-order valence-corrected chi connectivity index (χ1v) is 18.0. The molecule has 0 aromatic heterocycles. The number of methoxy groups -OCH3 is 1. The van der Waals surface area contributed by atoms with Crippen LogP contribution in [0.5, 0.6) is 0 Å². The monoisotopic (exact) mass is 678 g/mol. The maximum atomic E-state index is 14.6. The number of aliphatic hydroxyl groups is 2. The van der Waals surface area contributed by atoms with E-state index in [-0.39, 0.29) is 55.1 Å². The zero-order valence-corrected chi connectivity index (χ0v) is 31.1. The lowest BCUT2D eigenvalue weighted by Crippen LogP contribution is -2.55. The fourth-order valence-electron chi connectivity index (χ4n) is 8.44. The Morgan fingerprint density at radius 2 is 1.69 bits per heavy atom. The molecule has 0 aromatic carbocycles. The van der Waals surface area contributed by atoms with Crippen molar-refractivity contribution in [3.8, 4) is 0 Å². The van der Waals surface area contributed by atoms with Gasteiger partial charge in [0.1, 0.15) is 11.4 Å². The average Bonchev–Trinajstić information content (AvgIpc) is 3.03. The molecule has 2 aliphatic heterocycles. The van der Waals surface area contributed by atoms with Crippen LogP contribution in [0, 0.1) is 29.1 Å². The molecule has 8 heteroatoms. The van der Waals surface area contributed by atoms with Gasteiger partial charge in [0.05, 0.1) is 30.8 Å². The van der Waals surface area contributed by atoms with Crippen molar-refractivity contribution in [2.45, 2.75) is 137 Å². The molecule has 0 amide bonds. The van der Waals surface area contributed by atoms with Gasteiger partial charge in [0.25, 0.3) is 0 Å². The number of ether oxygens (including phenoxy) is 2. The van der Waals surface area contributed by atoms with Gasteiger partial charge in [-0.2, -0.15) is 0 Å². The van der Waals surface area contributed by atoms with Gasteiger partial charge in [0, 0.05) is 30.6 Å². The molecule has 8 nitrogen and oxygen atoms in total. The average molecular weight is 679 g/mol. The highest BCUT2D eigenvalue weighted by Gasteiger charge is 2.59. The fraction of sp³-hybridized carbons (Fsp3) is 0.659. The Morgan fingerprint density at radius 1 is 1.00 bits per heavy atom.